The van der Waals surface area contributed by atoms with Crippen LogP contribution in [0.4, 0.5) is 0 Å². The molecule has 2 rings (SSSR count). The van der Waals surface area contributed by atoms with Crippen LogP contribution in [-0.2, 0) is 0 Å². The Bertz CT molecular complexity index is 285. The van der Waals surface area contributed by atoms with E-state index in [4.69, 9.17) is 0 Å². The number of rotatable bonds is 4. The second kappa shape index (κ2) is 6.13. The summed E-state index contributed by atoms with van der Waals surface area (Å²) in [5.74, 6) is 1.77. The Morgan fingerprint density at radius 3 is 2.58 bits per heavy atom. The molecule has 1 saturated heterocycles. The highest BCUT2D eigenvalue weighted by molar-refractivity contribution is 4.96. The van der Waals surface area contributed by atoms with E-state index in [9.17, 15) is 0 Å². The third-order valence-electron chi connectivity index (χ3n) is 5.49. The molecule has 0 amide bonds. The van der Waals surface area contributed by atoms with Crippen molar-refractivity contribution in [1.29, 1.82) is 0 Å². The van der Waals surface area contributed by atoms with Gasteiger partial charge in [0.1, 0.15) is 0 Å². The minimum atomic E-state index is 0.534. The average molecular weight is 266 g/mol. The zero-order chi connectivity index (χ0) is 14.0. The summed E-state index contributed by atoms with van der Waals surface area (Å²) < 4.78 is 0. The van der Waals surface area contributed by atoms with Gasteiger partial charge in [-0.1, -0.05) is 34.6 Å². The Hall–Kier alpha value is -0.0800. The van der Waals surface area contributed by atoms with Crippen molar-refractivity contribution < 1.29 is 0 Å². The Balaban J connectivity index is 2.01. The second-order valence-electron chi connectivity index (χ2n) is 7.93. The Morgan fingerprint density at radius 2 is 2.00 bits per heavy atom. The number of likely N-dealkylation sites (tertiary alicyclic amines) is 1. The van der Waals surface area contributed by atoms with Crippen molar-refractivity contribution in [3.63, 3.8) is 0 Å². The van der Waals surface area contributed by atoms with Crippen molar-refractivity contribution in [2.24, 2.45) is 17.3 Å². The standard InChI is InChI=1S/C17H34N2/c1-6-18-15-7-9-17(4,5)11-16(15)19-10-8-14(12-19)13(2)3/h13-16,18H,6-12H2,1-5H3. The topological polar surface area (TPSA) is 15.3 Å². The Morgan fingerprint density at radius 1 is 1.26 bits per heavy atom. The summed E-state index contributed by atoms with van der Waals surface area (Å²) >= 11 is 0. The fourth-order valence-electron chi connectivity index (χ4n) is 4.09. The summed E-state index contributed by atoms with van der Waals surface area (Å²) in [4.78, 5) is 2.80. The van der Waals surface area contributed by atoms with Gasteiger partial charge < -0.3 is 5.32 Å². The van der Waals surface area contributed by atoms with Crippen LogP contribution in [-0.4, -0.2) is 36.6 Å². The summed E-state index contributed by atoms with van der Waals surface area (Å²) in [7, 11) is 0. The van der Waals surface area contributed by atoms with Crippen LogP contribution < -0.4 is 5.32 Å². The van der Waals surface area contributed by atoms with Crippen LogP contribution in [0.2, 0.25) is 0 Å². The predicted octanol–water partition coefficient (Wildman–Crippen LogP) is 3.52. The van der Waals surface area contributed by atoms with Gasteiger partial charge in [-0.25, -0.2) is 0 Å². The number of nitrogens with zero attached hydrogens (tertiary/aromatic N) is 1. The van der Waals surface area contributed by atoms with Crippen LogP contribution >= 0.6 is 0 Å². The van der Waals surface area contributed by atoms with Gasteiger partial charge in [-0.05, 0) is 56.0 Å². The van der Waals surface area contributed by atoms with Crippen LogP contribution in [0, 0.1) is 17.3 Å². The molecule has 3 unspecified atom stereocenters. The molecule has 0 bridgehead atoms. The monoisotopic (exact) mass is 266 g/mol. The molecule has 19 heavy (non-hydrogen) atoms. The minimum Gasteiger partial charge on any atom is -0.313 e. The Kier molecular flexibility index (Phi) is 4.94. The molecular formula is C17H34N2. The van der Waals surface area contributed by atoms with Crippen molar-refractivity contribution in [3.8, 4) is 0 Å². The zero-order valence-corrected chi connectivity index (χ0v) is 13.7. The van der Waals surface area contributed by atoms with E-state index >= 15 is 0 Å². The molecule has 2 fully saturated rings. The van der Waals surface area contributed by atoms with Crippen LogP contribution in [0.25, 0.3) is 0 Å². The molecule has 0 radical (unpaired) electrons. The van der Waals surface area contributed by atoms with Gasteiger partial charge in [-0.3, -0.25) is 4.90 Å². The van der Waals surface area contributed by atoms with Crippen molar-refractivity contribution in [2.75, 3.05) is 19.6 Å². The molecule has 0 spiro atoms. The number of hydrogen-bond acceptors (Lipinski definition) is 2. The third-order valence-corrected chi connectivity index (χ3v) is 5.49. The maximum atomic E-state index is 3.75. The molecule has 2 nitrogen and oxygen atoms in total. The molecule has 0 aromatic heterocycles. The molecule has 1 N–H and O–H groups in total. The molecule has 0 aromatic rings. The van der Waals surface area contributed by atoms with E-state index in [2.05, 4.69) is 44.8 Å². The average Bonchev–Trinajstić information content (AvgIpc) is 2.81. The third kappa shape index (κ3) is 3.72. The maximum Gasteiger partial charge on any atom is 0.0254 e. The quantitative estimate of drug-likeness (QED) is 0.837. The molecule has 1 aliphatic heterocycles. The van der Waals surface area contributed by atoms with Crippen molar-refractivity contribution in [1.82, 2.24) is 10.2 Å². The van der Waals surface area contributed by atoms with Gasteiger partial charge in [-0.2, -0.15) is 0 Å². The molecular weight excluding hydrogens is 232 g/mol. The highest BCUT2D eigenvalue weighted by atomic mass is 15.2. The van der Waals surface area contributed by atoms with Gasteiger partial charge in [0.05, 0.1) is 0 Å². The molecule has 2 heteroatoms. The van der Waals surface area contributed by atoms with Crippen LogP contribution in [0.15, 0.2) is 0 Å². The molecule has 1 aliphatic carbocycles. The molecule has 2 aliphatic rings. The van der Waals surface area contributed by atoms with Gasteiger partial charge in [0.25, 0.3) is 0 Å². The van der Waals surface area contributed by atoms with Gasteiger partial charge in [-0.15, -0.1) is 0 Å². The highest BCUT2D eigenvalue weighted by Gasteiger charge is 2.40. The molecule has 112 valence electrons. The minimum absolute atomic E-state index is 0.534. The highest BCUT2D eigenvalue weighted by Crippen LogP contribution is 2.39. The lowest BCUT2D eigenvalue weighted by atomic mass is 9.72. The molecule has 0 aromatic carbocycles. The van der Waals surface area contributed by atoms with E-state index in [-0.39, 0.29) is 0 Å². The van der Waals surface area contributed by atoms with E-state index in [1.807, 2.05) is 0 Å². The number of hydrogen-bond donors (Lipinski definition) is 1. The number of nitrogens with one attached hydrogen (secondary N) is 1. The molecule has 1 heterocycles. The SMILES string of the molecule is CCNC1CCC(C)(C)CC1N1CCC(C(C)C)C1. The summed E-state index contributed by atoms with van der Waals surface area (Å²) in [5.41, 5.74) is 0.534. The summed E-state index contributed by atoms with van der Waals surface area (Å²) in [6, 6.07) is 1.50. The summed E-state index contributed by atoms with van der Waals surface area (Å²) in [6.45, 7) is 15.7. The van der Waals surface area contributed by atoms with Gasteiger partial charge in [0.2, 0.25) is 0 Å². The van der Waals surface area contributed by atoms with Crippen molar-refractivity contribution in [2.45, 2.75) is 72.4 Å². The normalized spacial score (nSPS) is 36.0. The molecule has 1 saturated carbocycles. The Labute approximate surface area is 120 Å². The van der Waals surface area contributed by atoms with E-state index in [1.165, 1.54) is 38.8 Å². The van der Waals surface area contributed by atoms with Crippen LogP contribution in [0.3, 0.4) is 0 Å². The smallest absolute Gasteiger partial charge is 0.0254 e. The van der Waals surface area contributed by atoms with Gasteiger partial charge in [0, 0.05) is 18.6 Å². The molecule has 3 atom stereocenters. The summed E-state index contributed by atoms with van der Waals surface area (Å²) in [6.07, 6.45) is 5.51. The van der Waals surface area contributed by atoms with Gasteiger partial charge >= 0.3 is 0 Å². The lowest BCUT2D eigenvalue weighted by Crippen LogP contribution is -2.54. The van der Waals surface area contributed by atoms with E-state index in [1.54, 1.807) is 0 Å². The fraction of sp³-hybridized carbons (Fsp3) is 1.00. The number of likely N-dealkylation sites (N-methyl/N-ethyl adjacent to an activating group) is 1. The lowest BCUT2D eigenvalue weighted by molar-refractivity contribution is 0.0774. The van der Waals surface area contributed by atoms with Gasteiger partial charge in [0.15, 0.2) is 0 Å². The summed E-state index contributed by atoms with van der Waals surface area (Å²) in [5, 5.41) is 3.75. The fourth-order valence-corrected chi connectivity index (χ4v) is 4.09. The van der Waals surface area contributed by atoms with E-state index in [0.29, 0.717) is 5.41 Å². The first-order chi connectivity index (χ1) is 8.93. The zero-order valence-electron chi connectivity index (χ0n) is 13.7. The largest absolute Gasteiger partial charge is 0.313 e. The van der Waals surface area contributed by atoms with Crippen LogP contribution in [0.5, 0.6) is 0 Å². The maximum absolute atomic E-state index is 3.75. The first kappa shape index (κ1) is 15.3. The van der Waals surface area contributed by atoms with Crippen molar-refractivity contribution in [3.05, 3.63) is 0 Å². The first-order valence-corrected chi connectivity index (χ1v) is 8.40. The van der Waals surface area contributed by atoms with E-state index in [0.717, 1.165) is 30.5 Å². The predicted molar refractivity (Wildman–Crippen MR) is 83.4 cm³/mol. The lowest BCUT2D eigenvalue weighted by Gasteiger charge is -2.45. The second-order valence-corrected chi connectivity index (χ2v) is 7.93. The van der Waals surface area contributed by atoms with E-state index < -0.39 is 0 Å². The first-order valence-electron chi connectivity index (χ1n) is 8.40. The van der Waals surface area contributed by atoms with Crippen LogP contribution in [0.1, 0.15) is 60.3 Å². The van der Waals surface area contributed by atoms with Crippen molar-refractivity contribution >= 4 is 0 Å².